The quantitative estimate of drug-likeness (QED) is 0.206. The molecule has 7 nitrogen and oxygen atoms in total. The summed E-state index contributed by atoms with van der Waals surface area (Å²) in [6.45, 7) is 5.07. The van der Waals surface area contributed by atoms with Crippen molar-refractivity contribution >= 4 is 28.9 Å². The number of unbranched alkanes of at least 4 members (excludes halogenated alkanes) is 6. The summed E-state index contributed by atoms with van der Waals surface area (Å²) in [4.78, 5) is 39.7. The maximum absolute atomic E-state index is 13.4. The van der Waals surface area contributed by atoms with Crippen molar-refractivity contribution < 1.29 is 24.6 Å². The Hall–Kier alpha value is -1.28. The number of carbonyl (C=O) groups excluding carboxylic acids is 1. The summed E-state index contributed by atoms with van der Waals surface area (Å²) in [6.07, 6.45) is 12.7. The molecule has 0 bridgehead atoms. The molecule has 0 aromatic heterocycles. The molecule has 1 rings (SSSR count). The molecule has 2 N–H and O–H groups in total. The maximum atomic E-state index is 13.4. The number of nitrogens with zero attached hydrogens (tertiary/aromatic N) is 2. The fraction of sp³-hybridized carbons (Fsp3) is 0.885. The number of carboxylic acid groups (broad SMARTS) is 2. The predicted molar refractivity (Wildman–Crippen MR) is 140 cm³/mol. The molecular weight excluding hydrogens is 452 g/mol. The van der Waals surface area contributed by atoms with Gasteiger partial charge in [-0.2, -0.15) is 0 Å². The van der Waals surface area contributed by atoms with Gasteiger partial charge in [0.2, 0.25) is 0 Å². The SMILES string of the molecule is CCCCCCCSC(=O)N(CC1CCN(C)CC1)C(CCCCC(=O)O)CCCCC(=O)O. The molecule has 0 atom stereocenters. The van der Waals surface area contributed by atoms with Crippen LogP contribution in [-0.2, 0) is 9.59 Å². The Kier molecular flexibility index (Phi) is 17.2. The van der Waals surface area contributed by atoms with Gasteiger partial charge in [-0.15, -0.1) is 0 Å². The van der Waals surface area contributed by atoms with Crippen LogP contribution in [0, 0.1) is 5.92 Å². The molecule has 1 aliphatic rings. The van der Waals surface area contributed by atoms with Crippen molar-refractivity contribution in [3.8, 4) is 0 Å². The Balaban J connectivity index is 2.77. The van der Waals surface area contributed by atoms with E-state index in [1.54, 1.807) is 0 Å². The van der Waals surface area contributed by atoms with Crippen molar-refractivity contribution in [3.05, 3.63) is 0 Å². The zero-order valence-corrected chi connectivity index (χ0v) is 22.3. The van der Waals surface area contributed by atoms with Crippen LogP contribution in [0.15, 0.2) is 0 Å². The summed E-state index contributed by atoms with van der Waals surface area (Å²) in [7, 11) is 2.14. The maximum Gasteiger partial charge on any atom is 0.303 e. The van der Waals surface area contributed by atoms with Gasteiger partial charge in [0.25, 0.3) is 5.24 Å². The highest BCUT2D eigenvalue weighted by Crippen LogP contribution is 2.26. The Bertz CT molecular complexity index is 560. The van der Waals surface area contributed by atoms with Crippen molar-refractivity contribution in [2.45, 2.75) is 109 Å². The average Bonchev–Trinajstić information content (AvgIpc) is 2.79. The van der Waals surface area contributed by atoms with E-state index in [9.17, 15) is 14.4 Å². The molecule has 1 heterocycles. The second-order valence-corrected chi connectivity index (χ2v) is 10.9. The number of amides is 1. The van der Waals surface area contributed by atoms with E-state index in [1.807, 2.05) is 0 Å². The molecule has 1 aliphatic heterocycles. The molecule has 1 fully saturated rings. The van der Waals surface area contributed by atoms with Crippen LogP contribution < -0.4 is 0 Å². The molecule has 34 heavy (non-hydrogen) atoms. The number of aliphatic carboxylic acids is 2. The van der Waals surface area contributed by atoms with Gasteiger partial charge in [-0.25, -0.2) is 0 Å². The molecule has 1 saturated heterocycles. The van der Waals surface area contributed by atoms with Crippen molar-refractivity contribution in [2.24, 2.45) is 5.92 Å². The monoisotopic (exact) mass is 500 g/mol. The van der Waals surface area contributed by atoms with Crippen LogP contribution in [0.5, 0.6) is 0 Å². The van der Waals surface area contributed by atoms with E-state index in [-0.39, 0.29) is 24.1 Å². The van der Waals surface area contributed by atoms with Crippen molar-refractivity contribution in [1.82, 2.24) is 9.80 Å². The van der Waals surface area contributed by atoms with E-state index < -0.39 is 11.9 Å². The lowest BCUT2D eigenvalue weighted by Crippen LogP contribution is -2.44. The minimum absolute atomic E-state index is 0.0577. The normalized spacial score (nSPS) is 15.0. The number of hydrogen-bond donors (Lipinski definition) is 2. The Morgan fingerprint density at radius 3 is 1.97 bits per heavy atom. The second-order valence-electron chi connectivity index (χ2n) is 9.86. The summed E-state index contributed by atoms with van der Waals surface area (Å²) in [6, 6.07) is 0.0577. The third-order valence-electron chi connectivity index (χ3n) is 6.80. The zero-order valence-electron chi connectivity index (χ0n) is 21.5. The van der Waals surface area contributed by atoms with Gasteiger partial charge in [0, 0.05) is 31.2 Å². The first-order valence-electron chi connectivity index (χ1n) is 13.4. The molecule has 8 heteroatoms. The second kappa shape index (κ2) is 19.0. The van der Waals surface area contributed by atoms with Crippen molar-refractivity contribution in [1.29, 1.82) is 0 Å². The fourth-order valence-electron chi connectivity index (χ4n) is 4.61. The first-order chi connectivity index (χ1) is 16.3. The van der Waals surface area contributed by atoms with Gasteiger partial charge < -0.3 is 20.0 Å². The van der Waals surface area contributed by atoms with Crippen molar-refractivity contribution in [2.75, 3.05) is 32.4 Å². The van der Waals surface area contributed by atoms with Crippen molar-refractivity contribution in [3.63, 3.8) is 0 Å². The predicted octanol–water partition coefficient (Wildman–Crippen LogP) is 6.11. The first kappa shape index (κ1) is 30.8. The number of likely N-dealkylation sites (tertiary alicyclic amines) is 1. The van der Waals surface area contributed by atoms with Crippen LogP contribution >= 0.6 is 11.8 Å². The third-order valence-corrected chi connectivity index (χ3v) is 7.77. The molecule has 0 aliphatic carbocycles. The minimum Gasteiger partial charge on any atom is -0.481 e. The average molecular weight is 501 g/mol. The number of rotatable bonds is 19. The van der Waals surface area contributed by atoms with Crippen LogP contribution in [0.3, 0.4) is 0 Å². The third kappa shape index (κ3) is 14.9. The van der Waals surface area contributed by atoms with Crippen LogP contribution in [0.2, 0.25) is 0 Å². The number of carbonyl (C=O) groups is 3. The van der Waals surface area contributed by atoms with E-state index in [0.717, 1.165) is 76.8 Å². The Labute approximate surface area is 211 Å². The Morgan fingerprint density at radius 1 is 0.882 bits per heavy atom. The molecule has 0 aromatic carbocycles. The molecule has 0 radical (unpaired) electrons. The number of thioether (sulfide) groups is 1. The highest BCUT2D eigenvalue weighted by Gasteiger charge is 2.28. The van der Waals surface area contributed by atoms with Crippen LogP contribution in [0.4, 0.5) is 4.79 Å². The zero-order chi connectivity index (χ0) is 25.2. The van der Waals surface area contributed by atoms with E-state index in [2.05, 4.69) is 23.8 Å². The summed E-state index contributed by atoms with van der Waals surface area (Å²) in [5, 5.41) is 18.1. The van der Waals surface area contributed by atoms with Gasteiger partial charge >= 0.3 is 11.9 Å². The van der Waals surface area contributed by atoms with Gasteiger partial charge in [0.15, 0.2) is 0 Å². The Morgan fingerprint density at radius 2 is 1.44 bits per heavy atom. The topological polar surface area (TPSA) is 98.2 Å². The number of hydrogen-bond acceptors (Lipinski definition) is 5. The van der Waals surface area contributed by atoms with E-state index in [0.29, 0.717) is 18.8 Å². The van der Waals surface area contributed by atoms with Gasteiger partial charge in [-0.05, 0) is 71.0 Å². The van der Waals surface area contributed by atoms with Gasteiger partial charge in [-0.3, -0.25) is 14.4 Å². The summed E-state index contributed by atoms with van der Waals surface area (Å²) in [5.74, 6) is -0.227. The number of piperidine rings is 1. The van der Waals surface area contributed by atoms with Crippen LogP contribution in [-0.4, -0.2) is 75.7 Å². The van der Waals surface area contributed by atoms with E-state index >= 15 is 0 Å². The first-order valence-corrected chi connectivity index (χ1v) is 14.4. The summed E-state index contributed by atoms with van der Waals surface area (Å²) >= 11 is 1.44. The molecule has 0 saturated carbocycles. The molecule has 0 spiro atoms. The summed E-state index contributed by atoms with van der Waals surface area (Å²) in [5.41, 5.74) is 0. The van der Waals surface area contributed by atoms with Gasteiger partial charge in [0.1, 0.15) is 0 Å². The standard InChI is InChI=1S/C26H48N2O5S/c1-3-4-5-6-11-20-34-26(33)28(21-22-16-18-27(2)19-17-22)23(12-7-9-14-24(29)30)13-8-10-15-25(31)32/h22-23H,3-21H2,1-2H3,(H,29,30)(H,31,32). The van der Waals surface area contributed by atoms with Gasteiger partial charge in [-0.1, -0.05) is 57.2 Å². The van der Waals surface area contributed by atoms with Gasteiger partial charge in [0.05, 0.1) is 0 Å². The van der Waals surface area contributed by atoms with E-state index in [1.165, 1.54) is 31.0 Å². The molecule has 0 unspecified atom stereocenters. The molecule has 0 aromatic rings. The van der Waals surface area contributed by atoms with Crippen LogP contribution in [0.25, 0.3) is 0 Å². The highest BCUT2D eigenvalue weighted by molar-refractivity contribution is 8.13. The lowest BCUT2D eigenvalue weighted by atomic mass is 9.94. The highest BCUT2D eigenvalue weighted by atomic mass is 32.2. The molecule has 1 amide bonds. The minimum atomic E-state index is -0.782. The molecular formula is C26H48N2O5S. The smallest absolute Gasteiger partial charge is 0.303 e. The van der Waals surface area contributed by atoms with E-state index in [4.69, 9.17) is 10.2 Å². The lowest BCUT2D eigenvalue weighted by molar-refractivity contribution is -0.138. The van der Waals surface area contributed by atoms with Crippen LogP contribution in [0.1, 0.15) is 103 Å². The number of carboxylic acids is 2. The summed E-state index contributed by atoms with van der Waals surface area (Å²) < 4.78 is 0. The largest absolute Gasteiger partial charge is 0.481 e. The lowest BCUT2D eigenvalue weighted by Gasteiger charge is -2.37. The molecule has 198 valence electrons. The fourth-order valence-corrected chi connectivity index (χ4v) is 5.52.